The number of aliphatic hydroxyl groups is 1. The largest absolute Gasteiger partial charge is 0.416 e. The van der Waals surface area contributed by atoms with Crippen LogP contribution in [0.25, 0.3) is 0 Å². The van der Waals surface area contributed by atoms with Crippen LogP contribution >= 0.6 is 0 Å². The Bertz CT molecular complexity index is 424. The molecule has 0 saturated heterocycles. The van der Waals surface area contributed by atoms with E-state index in [4.69, 9.17) is 10.9 Å². The predicted octanol–water partition coefficient (Wildman–Crippen LogP) is 1.22. The van der Waals surface area contributed by atoms with Gasteiger partial charge in [-0.2, -0.15) is 13.2 Å². The van der Waals surface area contributed by atoms with Crippen LogP contribution in [0.5, 0.6) is 0 Å². The lowest BCUT2D eigenvalue weighted by atomic mass is 10.0. The van der Waals surface area contributed by atoms with E-state index in [1.54, 1.807) is 0 Å². The van der Waals surface area contributed by atoms with Crippen molar-refractivity contribution in [3.05, 3.63) is 11.9 Å². The maximum atomic E-state index is 12.2. The molecule has 1 atom stereocenters. The van der Waals surface area contributed by atoms with Crippen LogP contribution in [0.4, 0.5) is 24.8 Å². The van der Waals surface area contributed by atoms with E-state index in [-0.39, 0.29) is 11.7 Å². The van der Waals surface area contributed by atoms with E-state index < -0.39 is 18.8 Å². The Kier molecular flexibility index (Phi) is 4.90. The fraction of sp³-hybridized carbons (Fsp3) is 0.600. The van der Waals surface area contributed by atoms with Crippen LogP contribution in [0.3, 0.4) is 0 Å². The number of anilines is 2. The van der Waals surface area contributed by atoms with Gasteiger partial charge in [-0.15, -0.1) is 0 Å². The number of alkyl halides is 3. The van der Waals surface area contributed by atoms with Gasteiger partial charge in [-0.1, -0.05) is 13.8 Å². The standard InChI is InChI=1S/C10H16F3N5O/c1-5(2)7-8(16-4-17-9(7)18-14)15-3-6(19)10(11,12)13/h4-6,19H,3,14H2,1-2H3,(H2,15,16,17,18). The first-order valence-electron chi connectivity index (χ1n) is 5.57. The first-order chi connectivity index (χ1) is 8.77. The highest BCUT2D eigenvalue weighted by atomic mass is 19.4. The SMILES string of the molecule is CC(C)c1c(NN)ncnc1NCC(O)C(F)(F)F. The summed E-state index contributed by atoms with van der Waals surface area (Å²) in [5, 5.41) is 11.4. The molecule has 0 saturated carbocycles. The number of hydrogen-bond donors (Lipinski definition) is 4. The van der Waals surface area contributed by atoms with Gasteiger partial charge in [-0.25, -0.2) is 15.8 Å². The van der Waals surface area contributed by atoms with E-state index in [9.17, 15) is 13.2 Å². The summed E-state index contributed by atoms with van der Waals surface area (Å²) in [5.41, 5.74) is 2.91. The molecule has 19 heavy (non-hydrogen) atoms. The van der Waals surface area contributed by atoms with Gasteiger partial charge >= 0.3 is 6.18 Å². The van der Waals surface area contributed by atoms with Gasteiger partial charge in [0, 0.05) is 5.56 Å². The summed E-state index contributed by atoms with van der Waals surface area (Å²) in [4.78, 5) is 7.75. The van der Waals surface area contributed by atoms with E-state index in [1.807, 2.05) is 13.8 Å². The Balaban J connectivity index is 2.90. The maximum Gasteiger partial charge on any atom is 0.416 e. The third-order valence-electron chi connectivity index (χ3n) is 2.44. The van der Waals surface area contributed by atoms with Crippen molar-refractivity contribution >= 4 is 11.6 Å². The van der Waals surface area contributed by atoms with Crippen LogP contribution in [0.15, 0.2) is 6.33 Å². The Morgan fingerprint density at radius 2 is 1.89 bits per heavy atom. The molecular weight excluding hydrogens is 263 g/mol. The monoisotopic (exact) mass is 279 g/mol. The lowest BCUT2D eigenvalue weighted by Crippen LogP contribution is -2.35. The van der Waals surface area contributed by atoms with E-state index >= 15 is 0 Å². The number of nitrogens with two attached hydrogens (primary N) is 1. The summed E-state index contributed by atoms with van der Waals surface area (Å²) < 4.78 is 36.6. The lowest BCUT2D eigenvalue weighted by molar-refractivity contribution is -0.198. The van der Waals surface area contributed by atoms with E-state index in [2.05, 4.69) is 20.7 Å². The van der Waals surface area contributed by atoms with E-state index in [0.29, 0.717) is 11.4 Å². The highest BCUT2D eigenvalue weighted by Gasteiger charge is 2.38. The summed E-state index contributed by atoms with van der Waals surface area (Å²) in [6.45, 7) is 2.96. The van der Waals surface area contributed by atoms with Crippen molar-refractivity contribution in [1.82, 2.24) is 9.97 Å². The maximum absolute atomic E-state index is 12.2. The highest BCUT2D eigenvalue weighted by molar-refractivity contribution is 5.58. The normalized spacial score (nSPS) is 13.5. The van der Waals surface area contributed by atoms with Crippen LogP contribution in [-0.2, 0) is 0 Å². The molecule has 6 nitrogen and oxygen atoms in total. The summed E-state index contributed by atoms with van der Waals surface area (Å²) in [6.07, 6.45) is -5.96. The van der Waals surface area contributed by atoms with Crippen molar-refractivity contribution in [3.8, 4) is 0 Å². The lowest BCUT2D eigenvalue weighted by Gasteiger charge is -2.19. The number of nitrogens with zero attached hydrogens (tertiary/aromatic N) is 2. The molecule has 5 N–H and O–H groups in total. The molecule has 1 heterocycles. The van der Waals surface area contributed by atoms with Crippen molar-refractivity contribution in [3.63, 3.8) is 0 Å². The molecule has 1 aromatic rings. The van der Waals surface area contributed by atoms with Gasteiger partial charge in [-0.05, 0) is 5.92 Å². The number of aromatic nitrogens is 2. The zero-order valence-electron chi connectivity index (χ0n) is 10.5. The highest BCUT2D eigenvalue weighted by Crippen LogP contribution is 2.28. The topological polar surface area (TPSA) is 96.1 Å². The van der Waals surface area contributed by atoms with Gasteiger partial charge in [-0.3, -0.25) is 0 Å². The predicted molar refractivity (Wildman–Crippen MR) is 64.5 cm³/mol. The minimum absolute atomic E-state index is 0.0576. The molecule has 0 aliphatic carbocycles. The summed E-state index contributed by atoms with van der Waals surface area (Å²) >= 11 is 0. The van der Waals surface area contributed by atoms with Gasteiger partial charge in [0.1, 0.15) is 18.0 Å². The average molecular weight is 279 g/mol. The summed E-state index contributed by atoms with van der Waals surface area (Å²) in [5.74, 6) is 5.76. The molecule has 0 bridgehead atoms. The molecule has 1 unspecified atom stereocenters. The number of rotatable bonds is 5. The molecule has 1 rings (SSSR count). The van der Waals surface area contributed by atoms with E-state index in [1.165, 1.54) is 6.33 Å². The first-order valence-corrected chi connectivity index (χ1v) is 5.57. The van der Waals surface area contributed by atoms with Gasteiger partial charge < -0.3 is 15.8 Å². The fourth-order valence-electron chi connectivity index (χ4n) is 1.51. The Labute approximate surface area is 108 Å². The quantitative estimate of drug-likeness (QED) is 0.478. The Hall–Kier alpha value is -1.61. The van der Waals surface area contributed by atoms with Gasteiger partial charge in [0.05, 0.1) is 6.54 Å². The summed E-state index contributed by atoms with van der Waals surface area (Å²) in [6, 6.07) is 0. The first kappa shape index (κ1) is 15.4. The van der Waals surface area contributed by atoms with Crippen molar-refractivity contribution in [2.45, 2.75) is 32.0 Å². The van der Waals surface area contributed by atoms with Crippen LogP contribution in [-0.4, -0.2) is 33.9 Å². The minimum atomic E-state index is -4.67. The van der Waals surface area contributed by atoms with Crippen molar-refractivity contribution < 1.29 is 18.3 Å². The fourth-order valence-corrected chi connectivity index (χ4v) is 1.51. The van der Waals surface area contributed by atoms with E-state index in [0.717, 1.165) is 0 Å². The van der Waals surface area contributed by atoms with Gasteiger partial charge in [0.2, 0.25) is 0 Å². The molecule has 0 amide bonds. The van der Waals surface area contributed by atoms with Crippen LogP contribution in [0.1, 0.15) is 25.3 Å². The second kappa shape index (κ2) is 6.02. The summed E-state index contributed by atoms with van der Waals surface area (Å²) in [7, 11) is 0. The number of aliphatic hydroxyl groups excluding tert-OH is 1. The second-order valence-corrected chi connectivity index (χ2v) is 4.22. The number of nitrogens with one attached hydrogen (secondary N) is 2. The molecule has 0 fully saturated rings. The number of hydrogen-bond acceptors (Lipinski definition) is 6. The third-order valence-corrected chi connectivity index (χ3v) is 2.44. The van der Waals surface area contributed by atoms with Crippen LogP contribution in [0.2, 0.25) is 0 Å². The molecule has 0 spiro atoms. The molecule has 0 aliphatic heterocycles. The number of nitrogen functional groups attached to an aromatic ring is 1. The van der Waals surface area contributed by atoms with Crippen molar-refractivity contribution in [2.75, 3.05) is 17.3 Å². The zero-order valence-corrected chi connectivity index (χ0v) is 10.5. The molecule has 108 valence electrons. The smallest absolute Gasteiger partial charge is 0.382 e. The zero-order chi connectivity index (χ0) is 14.6. The Morgan fingerprint density at radius 1 is 1.32 bits per heavy atom. The van der Waals surface area contributed by atoms with Crippen molar-refractivity contribution in [1.29, 1.82) is 0 Å². The number of hydrazine groups is 1. The van der Waals surface area contributed by atoms with Crippen LogP contribution in [0, 0.1) is 0 Å². The Morgan fingerprint density at radius 3 is 2.37 bits per heavy atom. The molecule has 1 aromatic heterocycles. The number of halogens is 3. The molecule has 9 heteroatoms. The van der Waals surface area contributed by atoms with Crippen molar-refractivity contribution in [2.24, 2.45) is 5.84 Å². The second-order valence-electron chi connectivity index (χ2n) is 4.22. The molecule has 0 aliphatic rings. The van der Waals surface area contributed by atoms with Gasteiger partial charge in [0.15, 0.2) is 6.10 Å². The van der Waals surface area contributed by atoms with Crippen LogP contribution < -0.4 is 16.6 Å². The van der Waals surface area contributed by atoms with Gasteiger partial charge in [0.25, 0.3) is 0 Å². The minimum Gasteiger partial charge on any atom is -0.382 e. The molecular formula is C10H16F3N5O. The third kappa shape index (κ3) is 3.93. The average Bonchev–Trinajstić information content (AvgIpc) is 2.33. The molecule has 0 aromatic carbocycles. The molecule has 0 radical (unpaired) electrons.